The molecule has 0 aliphatic heterocycles. The number of rotatable bonds is 4. The van der Waals surface area contributed by atoms with E-state index in [4.69, 9.17) is 19.4 Å². The number of para-hydroxylation sites is 2. The van der Waals surface area contributed by atoms with Gasteiger partial charge in [0.25, 0.3) is 0 Å². The zero-order valence-corrected chi connectivity index (χ0v) is 34.5. The largest absolute Gasteiger partial charge is 0.455 e. The maximum absolute atomic E-state index is 6.94. The van der Waals surface area contributed by atoms with Crippen LogP contribution < -0.4 is 0 Å². The lowest BCUT2D eigenvalue weighted by Crippen LogP contribution is -2.01. The molecule has 0 saturated carbocycles. The molecule has 288 valence electrons. The third kappa shape index (κ3) is 4.97. The summed E-state index contributed by atoms with van der Waals surface area (Å²) in [7, 11) is 0. The van der Waals surface area contributed by atoms with Gasteiger partial charge < -0.3 is 8.98 Å². The standard InChI is InChI=1S/C55H30N4OS2/c1-2-12-32-30-45-40(27-31(32)11-1)35-13-3-7-17-43(35)59(45)44-24-23-39(52-51(44)38-16-4-8-18-46(38)60-52)55-57-53(33-21-25-49-41(28-33)36-14-5-9-19-47(36)61-49)56-54(58-55)34-22-26-50-42(29-34)37-15-6-10-20-48(37)62-50/h1-30H. The van der Waals surface area contributed by atoms with Crippen LogP contribution in [0.5, 0.6) is 0 Å². The second-order valence-corrected chi connectivity index (χ2v) is 18.1. The number of thiophene rings is 2. The Morgan fingerprint density at radius 2 is 0.935 bits per heavy atom. The number of hydrogen-bond acceptors (Lipinski definition) is 6. The highest BCUT2D eigenvalue weighted by Gasteiger charge is 2.24. The normalized spacial score (nSPS) is 12.2. The van der Waals surface area contributed by atoms with E-state index in [0.717, 1.165) is 55.3 Å². The number of hydrogen-bond donors (Lipinski definition) is 0. The maximum Gasteiger partial charge on any atom is 0.167 e. The van der Waals surface area contributed by atoms with E-state index in [9.17, 15) is 0 Å². The molecule has 0 amide bonds. The Labute approximate surface area is 361 Å². The molecule has 5 heterocycles. The summed E-state index contributed by atoms with van der Waals surface area (Å²) in [6.07, 6.45) is 0. The summed E-state index contributed by atoms with van der Waals surface area (Å²) >= 11 is 3.61. The minimum Gasteiger partial charge on any atom is -0.455 e. The molecule has 14 rings (SSSR count). The molecule has 0 atom stereocenters. The van der Waals surface area contributed by atoms with Gasteiger partial charge in [-0.1, -0.05) is 97.1 Å². The fourth-order valence-corrected chi connectivity index (χ4v) is 11.7. The van der Waals surface area contributed by atoms with Crippen molar-refractivity contribution in [2.45, 2.75) is 0 Å². The van der Waals surface area contributed by atoms with Gasteiger partial charge in [-0.2, -0.15) is 0 Å². The lowest BCUT2D eigenvalue weighted by molar-refractivity contribution is 0.669. The summed E-state index contributed by atoms with van der Waals surface area (Å²) in [4.78, 5) is 15.9. The summed E-state index contributed by atoms with van der Waals surface area (Å²) in [5.74, 6) is 1.78. The lowest BCUT2D eigenvalue weighted by Gasteiger charge is -2.13. The predicted molar refractivity (Wildman–Crippen MR) is 261 cm³/mol. The van der Waals surface area contributed by atoms with E-state index in [1.54, 1.807) is 22.7 Å². The zero-order valence-electron chi connectivity index (χ0n) is 32.8. The van der Waals surface area contributed by atoms with Crippen molar-refractivity contribution in [2.75, 3.05) is 0 Å². The maximum atomic E-state index is 6.94. The number of nitrogens with zero attached hydrogens (tertiary/aromatic N) is 4. The Hall–Kier alpha value is -7.71. The molecule has 5 aromatic heterocycles. The van der Waals surface area contributed by atoms with Crippen LogP contribution in [-0.4, -0.2) is 19.5 Å². The second kappa shape index (κ2) is 12.9. The molecule has 0 aliphatic rings. The Morgan fingerprint density at radius 3 is 1.63 bits per heavy atom. The molecule has 7 heteroatoms. The quantitative estimate of drug-likeness (QED) is 0.177. The molecular formula is C55H30N4OS2. The first-order chi connectivity index (χ1) is 30.7. The van der Waals surface area contributed by atoms with E-state index < -0.39 is 0 Å². The summed E-state index contributed by atoms with van der Waals surface area (Å²) < 4.78 is 14.3. The fourth-order valence-electron chi connectivity index (χ4n) is 9.57. The van der Waals surface area contributed by atoms with Gasteiger partial charge in [-0.3, -0.25) is 0 Å². The molecule has 0 fully saturated rings. The molecule has 0 aliphatic carbocycles. The van der Waals surface area contributed by atoms with Crippen molar-refractivity contribution in [3.8, 4) is 39.9 Å². The summed E-state index contributed by atoms with van der Waals surface area (Å²) in [6.45, 7) is 0. The molecule has 14 aromatic rings. The fraction of sp³-hybridized carbons (Fsp3) is 0. The van der Waals surface area contributed by atoms with Crippen molar-refractivity contribution in [1.29, 1.82) is 0 Å². The summed E-state index contributed by atoms with van der Waals surface area (Å²) in [5.41, 5.74) is 7.52. The van der Waals surface area contributed by atoms with E-state index in [0.29, 0.717) is 17.5 Å². The van der Waals surface area contributed by atoms with Crippen molar-refractivity contribution in [1.82, 2.24) is 19.5 Å². The lowest BCUT2D eigenvalue weighted by atomic mass is 10.0. The Bertz CT molecular complexity index is 4060. The molecule has 0 radical (unpaired) electrons. The van der Waals surface area contributed by atoms with Crippen LogP contribution in [0.2, 0.25) is 0 Å². The van der Waals surface area contributed by atoms with Gasteiger partial charge in [-0.15, -0.1) is 22.7 Å². The number of furan rings is 1. The molecular weight excluding hydrogens is 797 g/mol. The smallest absolute Gasteiger partial charge is 0.167 e. The van der Waals surface area contributed by atoms with Gasteiger partial charge in [-0.05, 0) is 95.7 Å². The van der Waals surface area contributed by atoms with Crippen molar-refractivity contribution in [3.63, 3.8) is 0 Å². The number of fused-ring (bicyclic) bond motifs is 13. The highest BCUT2D eigenvalue weighted by atomic mass is 32.1. The van der Waals surface area contributed by atoms with Crippen LogP contribution >= 0.6 is 22.7 Å². The van der Waals surface area contributed by atoms with Gasteiger partial charge >= 0.3 is 0 Å². The molecule has 0 bridgehead atoms. The molecule has 62 heavy (non-hydrogen) atoms. The van der Waals surface area contributed by atoms with E-state index in [-0.39, 0.29) is 0 Å². The molecule has 0 spiro atoms. The van der Waals surface area contributed by atoms with Crippen LogP contribution in [-0.2, 0) is 0 Å². The van der Waals surface area contributed by atoms with E-state index in [1.807, 2.05) is 12.1 Å². The van der Waals surface area contributed by atoms with Gasteiger partial charge in [0, 0.05) is 67.6 Å². The topological polar surface area (TPSA) is 56.7 Å². The summed E-state index contributed by atoms with van der Waals surface area (Å²) in [6, 6.07) is 64.9. The molecule has 0 N–H and O–H groups in total. The van der Waals surface area contributed by atoms with E-state index >= 15 is 0 Å². The third-order valence-electron chi connectivity index (χ3n) is 12.4. The summed E-state index contributed by atoms with van der Waals surface area (Å²) in [5, 5.41) is 11.7. The number of benzene rings is 9. The van der Waals surface area contributed by atoms with Gasteiger partial charge in [0.15, 0.2) is 17.5 Å². The zero-order chi connectivity index (χ0) is 40.5. The van der Waals surface area contributed by atoms with Crippen LogP contribution in [0, 0.1) is 0 Å². The average molecular weight is 827 g/mol. The monoisotopic (exact) mass is 826 g/mol. The van der Waals surface area contributed by atoms with Crippen LogP contribution in [0.1, 0.15) is 0 Å². The minimum absolute atomic E-state index is 0.555. The SMILES string of the molecule is c1ccc2cc3c(cc2c1)c1ccccc1n3-c1ccc(-c2nc(-c3ccc4sc5ccccc5c4c3)nc(-c3ccc4sc5ccccc5c4c3)n2)c2oc3ccccc3c12. The first kappa shape index (κ1) is 34.0. The third-order valence-corrected chi connectivity index (χ3v) is 14.7. The first-order valence-electron chi connectivity index (χ1n) is 20.7. The van der Waals surface area contributed by atoms with Crippen LogP contribution in [0.3, 0.4) is 0 Å². The molecule has 5 nitrogen and oxygen atoms in total. The van der Waals surface area contributed by atoms with E-state index in [2.05, 4.69) is 174 Å². The van der Waals surface area contributed by atoms with E-state index in [1.165, 1.54) is 61.9 Å². The predicted octanol–water partition coefficient (Wildman–Crippen LogP) is 15.8. The highest BCUT2D eigenvalue weighted by Crippen LogP contribution is 2.44. The second-order valence-electron chi connectivity index (χ2n) is 15.9. The van der Waals surface area contributed by atoms with Crippen molar-refractivity contribution in [3.05, 3.63) is 182 Å². The minimum atomic E-state index is 0.555. The van der Waals surface area contributed by atoms with Crippen molar-refractivity contribution < 1.29 is 4.42 Å². The molecule has 9 aromatic carbocycles. The van der Waals surface area contributed by atoms with Gasteiger partial charge in [-0.25, -0.2) is 15.0 Å². The Balaban J connectivity index is 1.05. The molecule has 0 unspecified atom stereocenters. The average Bonchev–Trinajstić information content (AvgIpc) is 4.09. The first-order valence-corrected chi connectivity index (χ1v) is 22.3. The van der Waals surface area contributed by atoms with Gasteiger partial charge in [0.05, 0.1) is 27.7 Å². The Kier molecular flexibility index (Phi) is 7.08. The van der Waals surface area contributed by atoms with Crippen molar-refractivity contribution >= 4 is 118 Å². The highest BCUT2D eigenvalue weighted by molar-refractivity contribution is 7.26. The van der Waals surface area contributed by atoms with Crippen molar-refractivity contribution in [2.24, 2.45) is 0 Å². The van der Waals surface area contributed by atoms with Crippen LogP contribution in [0.15, 0.2) is 186 Å². The van der Waals surface area contributed by atoms with Crippen LogP contribution in [0.4, 0.5) is 0 Å². The molecule has 0 saturated heterocycles. The number of aromatic nitrogens is 4. The van der Waals surface area contributed by atoms with Gasteiger partial charge in [0.2, 0.25) is 0 Å². The van der Waals surface area contributed by atoms with Gasteiger partial charge in [0.1, 0.15) is 11.2 Å². The van der Waals surface area contributed by atoms with Crippen LogP contribution in [0.25, 0.3) is 135 Å². The Morgan fingerprint density at radius 1 is 0.387 bits per heavy atom.